The van der Waals surface area contributed by atoms with Crippen molar-refractivity contribution < 1.29 is 14.7 Å². The number of rotatable bonds is 15. The molecule has 2 N–H and O–H groups in total. The van der Waals surface area contributed by atoms with Gasteiger partial charge in [-0.05, 0) is 103 Å². The molecule has 3 aromatic carbocycles. The first-order valence-electron chi connectivity index (χ1n) is 15.9. The van der Waals surface area contributed by atoms with Gasteiger partial charge in [-0.1, -0.05) is 87.2 Å². The van der Waals surface area contributed by atoms with E-state index >= 15 is 0 Å². The Kier molecular flexibility index (Phi) is 15.1. The number of aliphatic carboxylic acids is 1. The second kappa shape index (κ2) is 18.5. The van der Waals surface area contributed by atoms with Crippen molar-refractivity contribution in [2.24, 2.45) is 0 Å². The van der Waals surface area contributed by atoms with Crippen molar-refractivity contribution in [1.29, 1.82) is 0 Å². The van der Waals surface area contributed by atoms with Gasteiger partial charge in [0.05, 0.1) is 0 Å². The van der Waals surface area contributed by atoms with E-state index in [1.54, 1.807) is 11.8 Å². The summed E-state index contributed by atoms with van der Waals surface area (Å²) in [5.74, 6) is 0.0254. The quantitative estimate of drug-likeness (QED) is 0.172. The number of benzene rings is 3. The van der Waals surface area contributed by atoms with Crippen molar-refractivity contribution in [3.63, 3.8) is 0 Å². The molecule has 5 nitrogen and oxygen atoms in total. The van der Waals surface area contributed by atoms with E-state index < -0.39 is 12.0 Å². The zero-order valence-corrected chi connectivity index (χ0v) is 26.9. The first-order valence-corrected chi connectivity index (χ1v) is 17.3. The minimum atomic E-state index is -1.00. The Labute approximate surface area is 280 Å². The molecule has 232 valence electrons. The Balaban J connectivity index is 0.00000529. The summed E-state index contributed by atoms with van der Waals surface area (Å²) >= 11 is 1.57. The number of aryl methyl sites for hydroxylation is 1. The topological polar surface area (TPSA) is 69.6 Å². The molecule has 0 bridgehead atoms. The van der Waals surface area contributed by atoms with Crippen LogP contribution in [0.2, 0.25) is 0 Å². The van der Waals surface area contributed by atoms with E-state index in [2.05, 4.69) is 47.5 Å². The minimum absolute atomic E-state index is 0. The molecule has 1 aliphatic carbocycles. The summed E-state index contributed by atoms with van der Waals surface area (Å²) in [4.78, 5) is 27.9. The SMILES string of the molecule is CCCCN(Cc1ccc(C2CCCCC2)cc1)Cc1ccc(C(=O)NC(CCSC)C(=O)O)c(-c2ccccc2C)c1.[LiH]. The monoisotopic (exact) mass is 608 g/mol. The molecular weight excluding hydrogens is 559 g/mol. The van der Waals surface area contributed by atoms with Gasteiger partial charge < -0.3 is 10.4 Å². The van der Waals surface area contributed by atoms with Crippen molar-refractivity contribution in [3.05, 3.63) is 94.5 Å². The van der Waals surface area contributed by atoms with Crippen molar-refractivity contribution in [2.45, 2.75) is 90.3 Å². The summed E-state index contributed by atoms with van der Waals surface area (Å²) in [6, 6.07) is 22.5. The molecule has 7 heteroatoms. The van der Waals surface area contributed by atoms with Gasteiger partial charge in [-0.3, -0.25) is 9.69 Å². The van der Waals surface area contributed by atoms with Crippen LogP contribution in [0.1, 0.15) is 96.8 Å². The number of carboxylic acid groups (broad SMARTS) is 1. The van der Waals surface area contributed by atoms with Gasteiger partial charge in [0, 0.05) is 18.7 Å². The zero-order chi connectivity index (χ0) is 30.6. The van der Waals surface area contributed by atoms with Crippen LogP contribution in [0.4, 0.5) is 0 Å². The summed E-state index contributed by atoms with van der Waals surface area (Å²) in [6.45, 7) is 6.93. The van der Waals surface area contributed by atoms with Gasteiger partial charge in [0.2, 0.25) is 0 Å². The molecule has 0 saturated heterocycles. The van der Waals surface area contributed by atoms with Crippen LogP contribution in [0.3, 0.4) is 0 Å². The third-order valence-corrected chi connectivity index (χ3v) is 9.32. The summed E-state index contributed by atoms with van der Waals surface area (Å²) in [5.41, 5.74) is 7.37. The van der Waals surface area contributed by atoms with Crippen LogP contribution in [-0.2, 0) is 17.9 Å². The van der Waals surface area contributed by atoms with Crippen molar-refractivity contribution >= 4 is 42.5 Å². The molecule has 4 rings (SSSR count). The molecule has 1 saturated carbocycles. The molecule has 1 atom stereocenters. The third-order valence-electron chi connectivity index (χ3n) is 8.67. The van der Waals surface area contributed by atoms with Crippen LogP contribution in [0.5, 0.6) is 0 Å². The number of nitrogens with one attached hydrogen (secondary N) is 1. The van der Waals surface area contributed by atoms with Gasteiger partial charge >= 0.3 is 24.8 Å². The van der Waals surface area contributed by atoms with Crippen LogP contribution in [-0.4, -0.2) is 65.3 Å². The van der Waals surface area contributed by atoms with E-state index in [1.807, 2.05) is 49.6 Å². The molecule has 3 aromatic rings. The van der Waals surface area contributed by atoms with Crippen LogP contribution in [0, 0.1) is 6.92 Å². The number of carbonyl (C=O) groups is 2. The Morgan fingerprint density at radius 3 is 2.30 bits per heavy atom. The zero-order valence-electron chi connectivity index (χ0n) is 26.1. The average Bonchev–Trinajstić information content (AvgIpc) is 3.02. The molecule has 0 aromatic heterocycles. The maximum atomic E-state index is 13.5. The van der Waals surface area contributed by atoms with Crippen molar-refractivity contribution in [2.75, 3.05) is 18.6 Å². The first kappa shape index (κ1) is 36.0. The van der Waals surface area contributed by atoms with Crippen molar-refractivity contribution in [3.8, 4) is 11.1 Å². The van der Waals surface area contributed by atoms with E-state index in [-0.39, 0.29) is 24.8 Å². The Morgan fingerprint density at radius 2 is 1.64 bits per heavy atom. The summed E-state index contributed by atoms with van der Waals surface area (Å²) in [5, 5.41) is 12.5. The Bertz CT molecular complexity index is 1340. The standard InChI is InChI=1S/C37H48N2O3S.Li.H/c1-4-5-22-39(25-28-15-18-31(19-16-28)30-12-7-6-8-13-30)26-29-17-20-33(34(24-29)32-14-10-9-11-27(32)2)36(40)38-35(37(41)42)21-23-43-3;;/h9-11,14-20,24,30,35H,4-8,12-13,21-23,25-26H2,1-3H3,(H,38,40)(H,41,42);;. The second-order valence-electron chi connectivity index (χ2n) is 12.0. The number of thioether (sulfide) groups is 1. The molecule has 0 aliphatic heterocycles. The number of hydrogen-bond donors (Lipinski definition) is 2. The van der Waals surface area contributed by atoms with Gasteiger partial charge in [0.25, 0.3) is 5.91 Å². The van der Waals surface area contributed by atoms with E-state index in [1.165, 1.54) is 43.2 Å². The first-order chi connectivity index (χ1) is 20.9. The van der Waals surface area contributed by atoms with Gasteiger partial charge in [-0.2, -0.15) is 11.8 Å². The molecule has 44 heavy (non-hydrogen) atoms. The molecule has 1 aliphatic rings. The molecule has 1 unspecified atom stereocenters. The Hall–Kier alpha value is -2.49. The van der Waals surface area contributed by atoms with Crippen LogP contribution < -0.4 is 5.32 Å². The molecule has 0 heterocycles. The summed E-state index contributed by atoms with van der Waals surface area (Å²) < 4.78 is 0. The predicted molar refractivity (Wildman–Crippen MR) is 187 cm³/mol. The van der Waals surface area contributed by atoms with Gasteiger partial charge in [-0.25, -0.2) is 4.79 Å². The number of amides is 1. The number of nitrogens with zero attached hydrogens (tertiary/aromatic N) is 1. The fourth-order valence-corrected chi connectivity index (χ4v) is 6.63. The van der Waals surface area contributed by atoms with Gasteiger partial charge in [-0.15, -0.1) is 0 Å². The molecule has 0 spiro atoms. The maximum absolute atomic E-state index is 13.5. The Morgan fingerprint density at radius 1 is 0.955 bits per heavy atom. The fourth-order valence-electron chi connectivity index (χ4n) is 6.16. The molecular formula is C37H49LiN2O3S. The van der Waals surface area contributed by atoms with Gasteiger partial charge in [0.15, 0.2) is 0 Å². The van der Waals surface area contributed by atoms with E-state index in [9.17, 15) is 14.7 Å². The van der Waals surface area contributed by atoms with Crippen LogP contribution >= 0.6 is 11.8 Å². The fraction of sp³-hybridized carbons (Fsp3) is 0.459. The van der Waals surface area contributed by atoms with Crippen LogP contribution in [0.15, 0.2) is 66.7 Å². The third kappa shape index (κ3) is 10.3. The predicted octanol–water partition coefficient (Wildman–Crippen LogP) is 7.80. The van der Waals surface area contributed by atoms with E-state index in [0.717, 1.165) is 54.7 Å². The van der Waals surface area contributed by atoms with Crippen molar-refractivity contribution in [1.82, 2.24) is 10.2 Å². The van der Waals surface area contributed by atoms with Gasteiger partial charge in [0.1, 0.15) is 6.04 Å². The average molecular weight is 609 g/mol. The number of carbonyl (C=O) groups excluding carboxylic acids is 1. The number of carboxylic acids is 1. The number of unbranched alkanes of at least 4 members (excludes halogenated alkanes) is 1. The molecule has 1 amide bonds. The summed E-state index contributed by atoms with van der Waals surface area (Å²) in [6.07, 6.45) is 11.3. The van der Waals surface area contributed by atoms with Crippen LogP contribution in [0.25, 0.3) is 11.1 Å². The molecule has 1 fully saturated rings. The molecule has 0 radical (unpaired) electrons. The van der Waals surface area contributed by atoms with E-state index in [0.29, 0.717) is 23.7 Å². The summed E-state index contributed by atoms with van der Waals surface area (Å²) in [7, 11) is 0. The second-order valence-corrected chi connectivity index (χ2v) is 13.0. The van der Waals surface area contributed by atoms with E-state index in [4.69, 9.17) is 0 Å². The normalized spacial score (nSPS) is 14.2. The number of hydrogen-bond acceptors (Lipinski definition) is 4.